The number of hydrogen-bond acceptors (Lipinski definition) is 2. The van der Waals surface area contributed by atoms with Crippen LogP contribution in [0, 0.1) is 5.82 Å². The summed E-state index contributed by atoms with van der Waals surface area (Å²) in [7, 11) is 0. The van der Waals surface area contributed by atoms with Crippen molar-refractivity contribution in [2.75, 3.05) is 17.2 Å². The second-order valence-corrected chi connectivity index (χ2v) is 5.46. The molecule has 0 aliphatic carbocycles. The number of anilines is 2. The lowest BCUT2D eigenvalue weighted by atomic mass is 10.1. The molecule has 4 heteroatoms. The molecule has 2 aromatic rings. The summed E-state index contributed by atoms with van der Waals surface area (Å²) in [5, 5.41) is 6.74. The highest BCUT2D eigenvalue weighted by Gasteiger charge is 2.13. The highest BCUT2D eigenvalue weighted by atomic mass is 79.9. The van der Waals surface area contributed by atoms with E-state index >= 15 is 0 Å². The third kappa shape index (κ3) is 2.59. The van der Waals surface area contributed by atoms with Crippen LogP contribution in [0.3, 0.4) is 0 Å². The van der Waals surface area contributed by atoms with Crippen LogP contribution in [0.25, 0.3) is 0 Å². The molecular weight excluding hydrogens is 307 g/mol. The zero-order valence-corrected chi connectivity index (χ0v) is 11.9. The highest BCUT2D eigenvalue weighted by Crippen LogP contribution is 2.27. The summed E-state index contributed by atoms with van der Waals surface area (Å²) in [4.78, 5) is 0. The molecule has 1 aliphatic heterocycles. The Morgan fingerprint density at radius 2 is 2.16 bits per heavy atom. The quantitative estimate of drug-likeness (QED) is 0.887. The first-order valence-electron chi connectivity index (χ1n) is 6.27. The van der Waals surface area contributed by atoms with Crippen LogP contribution in [0.15, 0.2) is 40.9 Å². The highest BCUT2D eigenvalue weighted by molar-refractivity contribution is 9.10. The van der Waals surface area contributed by atoms with E-state index in [4.69, 9.17) is 0 Å². The Balaban J connectivity index is 1.76. The molecule has 0 saturated heterocycles. The van der Waals surface area contributed by atoms with Gasteiger partial charge in [0, 0.05) is 24.5 Å². The van der Waals surface area contributed by atoms with E-state index in [9.17, 15) is 4.39 Å². The maximum Gasteiger partial charge on any atom is 0.137 e. The van der Waals surface area contributed by atoms with Crippen LogP contribution in [-0.2, 0) is 13.0 Å². The zero-order chi connectivity index (χ0) is 13.2. The summed E-state index contributed by atoms with van der Waals surface area (Å²) in [5.74, 6) is -0.243. The number of halogens is 2. The van der Waals surface area contributed by atoms with Gasteiger partial charge in [-0.15, -0.1) is 0 Å². The van der Waals surface area contributed by atoms with Crippen molar-refractivity contribution >= 4 is 27.3 Å². The van der Waals surface area contributed by atoms with Crippen LogP contribution in [0.1, 0.15) is 11.1 Å². The molecular formula is C15H14BrFN2. The number of hydrogen-bond donors (Lipinski definition) is 2. The molecule has 98 valence electrons. The first kappa shape index (κ1) is 12.5. The summed E-state index contributed by atoms with van der Waals surface area (Å²) in [6.45, 7) is 1.74. The first-order valence-corrected chi connectivity index (χ1v) is 7.07. The van der Waals surface area contributed by atoms with Gasteiger partial charge in [0.25, 0.3) is 0 Å². The molecule has 0 saturated carbocycles. The second kappa shape index (κ2) is 5.21. The fourth-order valence-electron chi connectivity index (χ4n) is 2.36. The molecule has 0 atom stereocenters. The summed E-state index contributed by atoms with van der Waals surface area (Å²) in [5.41, 5.74) is 4.77. The standard InChI is InChI=1S/C15H14BrFN2/c16-13-8-12(4-5-14(13)17)19-9-11-3-1-2-10-6-7-18-15(10)11/h1-5,8,18-19H,6-7,9H2. The maximum absolute atomic E-state index is 13.2. The van der Waals surface area contributed by atoms with Gasteiger partial charge < -0.3 is 10.6 Å². The Hall–Kier alpha value is -1.55. The number of para-hydroxylation sites is 1. The van der Waals surface area contributed by atoms with E-state index in [2.05, 4.69) is 44.8 Å². The Kier molecular flexibility index (Phi) is 3.42. The molecule has 19 heavy (non-hydrogen) atoms. The maximum atomic E-state index is 13.2. The van der Waals surface area contributed by atoms with Gasteiger partial charge in [-0.2, -0.15) is 0 Å². The van der Waals surface area contributed by atoms with Gasteiger partial charge in [-0.25, -0.2) is 4.39 Å². The minimum absolute atomic E-state index is 0.243. The van der Waals surface area contributed by atoms with Crippen molar-refractivity contribution in [2.24, 2.45) is 0 Å². The molecule has 2 nitrogen and oxygen atoms in total. The molecule has 0 unspecified atom stereocenters. The minimum Gasteiger partial charge on any atom is -0.384 e. The Morgan fingerprint density at radius 1 is 1.26 bits per heavy atom. The lowest BCUT2D eigenvalue weighted by Gasteiger charge is -2.11. The summed E-state index contributed by atoms with van der Waals surface area (Å²) in [6, 6.07) is 11.3. The topological polar surface area (TPSA) is 24.1 Å². The largest absolute Gasteiger partial charge is 0.384 e. The molecule has 0 fully saturated rings. The molecule has 0 spiro atoms. The van der Waals surface area contributed by atoms with Gasteiger partial charge in [0.1, 0.15) is 5.82 Å². The van der Waals surface area contributed by atoms with E-state index in [0.29, 0.717) is 4.47 Å². The van der Waals surface area contributed by atoms with Crippen LogP contribution in [-0.4, -0.2) is 6.54 Å². The SMILES string of the molecule is Fc1ccc(NCc2cccc3c2NCC3)cc1Br. The van der Waals surface area contributed by atoms with Crippen LogP contribution in [0.2, 0.25) is 0 Å². The van der Waals surface area contributed by atoms with Crippen molar-refractivity contribution in [2.45, 2.75) is 13.0 Å². The van der Waals surface area contributed by atoms with E-state index in [1.54, 1.807) is 12.1 Å². The lowest BCUT2D eigenvalue weighted by molar-refractivity contribution is 0.621. The Labute approximate surface area is 120 Å². The van der Waals surface area contributed by atoms with Crippen molar-refractivity contribution in [3.8, 4) is 0 Å². The van der Waals surface area contributed by atoms with E-state index < -0.39 is 0 Å². The van der Waals surface area contributed by atoms with Gasteiger partial charge >= 0.3 is 0 Å². The van der Waals surface area contributed by atoms with Gasteiger partial charge in [-0.1, -0.05) is 18.2 Å². The summed E-state index contributed by atoms with van der Waals surface area (Å²) >= 11 is 3.19. The van der Waals surface area contributed by atoms with E-state index in [1.807, 2.05) is 0 Å². The van der Waals surface area contributed by atoms with E-state index in [1.165, 1.54) is 22.9 Å². The monoisotopic (exact) mass is 320 g/mol. The summed E-state index contributed by atoms with van der Waals surface area (Å²) in [6.07, 6.45) is 1.09. The van der Waals surface area contributed by atoms with Crippen molar-refractivity contribution in [1.29, 1.82) is 0 Å². The fraction of sp³-hybridized carbons (Fsp3) is 0.200. The van der Waals surface area contributed by atoms with Crippen molar-refractivity contribution in [3.63, 3.8) is 0 Å². The predicted molar refractivity (Wildman–Crippen MR) is 80.1 cm³/mol. The Morgan fingerprint density at radius 3 is 3.00 bits per heavy atom. The molecule has 0 amide bonds. The summed E-state index contributed by atoms with van der Waals surface area (Å²) < 4.78 is 13.6. The van der Waals surface area contributed by atoms with Crippen molar-refractivity contribution < 1.29 is 4.39 Å². The Bertz CT molecular complexity index is 613. The van der Waals surface area contributed by atoms with Crippen molar-refractivity contribution in [1.82, 2.24) is 0 Å². The molecule has 0 aromatic heterocycles. The minimum atomic E-state index is -0.243. The molecule has 1 aliphatic rings. The first-order chi connectivity index (χ1) is 9.24. The lowest BCUT2D eigenvalue weighted by Crippen LogP contribution is -2.03. The van der Waals surface area contributed by atoms with Crippen LogP contribution in [0.4, 0.5) is 15.8 Å². The van der Waals surface area contributed by atoms with Crippen molar-refractivity contribution in [3.05, 3.63) is 57.8 Å². The van der Waals surface area contributed by atoms with Gasteiger partial charge in [0.2, 0.25) is 0 Å². The molecule has 2 aromatic carbocycles. The smallest absolute Gasteiger partial charge is 0.137 e. The van der Waals surface area contributed by atoms with E-state index in [-0.39, 0.29) is 5.82 Å². The number of nitrogens with one attached hydrogen (secondary N) is 2. The van der Waals surface area contributed by atoms with Gasteiger partial charge in [0.05, 0.1) is 4.47 Å². The second-order valence-electron chi connectivity index (χ2n) is 4.61. The zero-order valence-electron chi connectivity index (χ0n) is 10.3. The predicted octanol–water partition coefficient (Wildman–Crippen LogP) is 4.17. The third-order valence-electron chi connectivity index (χ3n) is 3.34. The van der Waals surface area contributed by atoms with Gasteiger partial charge in [0.15, 0.2) is 0 Å². The van der Waals surface area contributed by atoms with Crippen LogP contribution >= 0.6 is 15.9 Å². The fourth-order valence-corrected chi connectivity index (χ4v) is 2.74. The number of rotatable bonds is 3. The van der Waals surface area contributed by atoms with Gasteiger partial charge in [-0.3, -0.25) is 0 Å². The number of fused-ring (bicyclic) bond motifs is 1. The number of benzene rings is 2. The average molecular weight is 321 g/mol. The van der Waals surface area contributed by atoms with Crippen LogP contribution in [0.5, 0.6) is 0 Å². The van der Waals surface area contributed by atoms with E-state index in [0.717, 1.165) is 25.2 Å². The third-order valence-corrected chi connectivity index (χ3v) is 3.94. The molecule has 0 bridgehead atoms. The molecule has 2 N–H and O–H groups in total. The molecule has 0 radical (unpaired) electrons. The van der Waals surface area contributed by atoms with Gasteiger partial charge in [-0.05, 0) is 51.7 Å². The molecule has 1 heterocycles. The van der Waals surface area contributed by atoms with Crippen LogP contribution < -0.4 is 10.6 Å². The average Bonchev–Trinajstić information content (AvgIpc) is 2.89. The molecule has 3 rings (SSSR count). The normalized spacial score (nSPS) is 12.9.